The molecule has 0 heterocycles. The predicted octanol–water partition coefficient (Wildman–Crippen LogP) is 3.68. The van der Waals surface area contributed by atoms with Crippen molar-refractivity contribution in [3.63, 3.8) is 0 Å². The number of ketones is 1. The number of aldehydes is 1. The number of rotatable bonds is 6. The van der Waals surface area contributed by atoms with E-state index in [9.17, 15) is 9.59 Å². The maximum atomic E-state index is 11.5. The molecule has 3 nitrogen and oxygen atoms in total. The lowest BCUT2D eigenvalue weighted by Gasteiger charge is -2.20. The molecule has 126 valence electrons. The Morgan fingerprint density at radius 3 is 2.08 bits per heavy atom. The molecule has 2 rings (SSSR count). The lowest BCUT2D eigenvalue weighted by Crippen LogP contribution is -2.11. The van der Waals surface area contributed by atoms with Gasteiger partial charge in [0, 0.05) is 11.5 Å². The predicted molar refractivity (Wildman–Crippen MR) is 95.5 cm³/mol. The van der Waals surface area contributed by atoms with Crippen LogP contribution in [0.1, 0.15) is 53.7 Å². The molecule has 3 heteroatoms. The van der Waals surface area contributed by atoms with Crippen LogP contribution in [0.25, 0.3) is 0 Å². The van der Waals surface area contributed by atoms with E-state index >= 15 is 0 Å². The zero-order valence-corrected chi connectivity index (χ0v) is 14.5. The second-order valence-electron chi connectivity index (χ2n) is 7.10. The molecule has 0 spiro atoms. The molecule has 0 amide bonds. The Balaban J connectivity index is 2.14. The van der Waals surface area contributed by atoms with Crippen molar-refractivity contribution in [2.75, 3.05) is 6.61 Å². The zero-order chi connectivity index (χ0) is 17.7. The Morgan fingerprint density at radius 2 is 1.62 bits per heavy atom. The molecule has 0 aromatic heterocycles. The molecular formula is C21H24O3. The van der Waals surface area contributed by atoms with Crippen molar-refractivity contribution < 1.29 is 14.7 Å². The highest BCUT2D eigenvalue weighted by Gasteiger charge is 2.16. The van der Waals surface area contributed by atoms with Gasteiger partial charge < -0.3 is 9.90 Å². The van der Waals surface area contributed by atoms with E-state index in [1.165, 1.54) is 5.56 Å². The Morgan fingerprint density at radius 1 is 1.04 bits per heavy atom. The quantitative estimate of drug-likeness (QED) is 0.651. The van der Waals surface area contributed by atoms with Gasteiger partial charge in [0.25, 0.3) is 0 Å². The zero-order valence-electron chi connectivity index (χ0n) is 14.5. The molecule has 0 saturated heterocycles. The number of carbonyl (C=O) groups excluding carboxylic acids is 2. The van der Waals surface area contributed by atoms with Gasteiger partial charge in [0.2, 0.25) is 0 Å². The Bertz CT molecular complexity index is 691. The molecule has 1 unspecified atom stereocenters. The van der Waals surface area contributed by atoms with E-state index in [4.69, 9.17) is 5.11 Å². The summed E-state index contributed by atoms with van der Waals surface area (Å²) in [6.45, 7) is 5.99. The Labute approximate surface area is 143 Å². The second-order valence-corrected chi connectivity index (χ2v) is 7.10. The van der Waals surface area contributed by atoms with Gasteiger partial charge in [-0.15, -0.1) is 0 Å². The monoisotopic (exact) mass is 324 g/mol. The van der Waals surface area contributed by atoms with E-state index < -0.39 is 6.61 Å². The molecule has 1 atom stereocenters. The minimum atomic E-state index is -0.490. The fourth-order valence-corrected chi connectivity index (χ4v) is 2.65. The number of carbonyl (C=O) groups is 2. The van der Waals surface area contributed by atoms with Gasteiger partial charge in [0.05, 0.1) is 0 Å². The minimum absolute atomic E-state index is 0.0876. The number of hydrogen-bond acceptors (Lipinski definition) is 3. The van der Waals surface area contributed by atoms with Crippen molar-refractivity contribution >= 4 is 12.1 Å². The van der Waals surface area contributed by atoms with Crippen molar-refractivity contribution in [2.45, 2.75) is 38.5 Å². The standard InChI is InChI=1S/C21H24O3/c1-21(2,3)19-10-8-16(9-11-19)18(13-22)12-15-4-6-17(7-5-15)20(24)14-23/h4-11,13,18,23H,12,14H2,1-3H3. The second kappa shape index (κ2) is 7.54. The van der Waals surface area contributed by atoms with Gasteiger partial charge in [-0.1, -0.05) is 69.3 Å². The fraction of sp³-hybridized carbons (Fsp3) is 0.333. The molecular weight excluding hydrogens is 300 g/mol. The first-order valence-corrected chi connectivity index (χ1v) is 8.14. The Kier molecular flexibility index (Phi) is 5.68. The summed E-state index contributed by atoms with van der Waals surface area (Å²) in [5.74, 6) is -0.510. The molecule has 0 aliphatic rings. The first-order valence-electron chi connectivity index (χ1n) is 8.14. The summed E-state index contributed by atoms with van der Waals surface area (Å²) in [5, 5.41) is 8.87. The van der Waals surface area contributed by atoms with Gasteiger partial charge in [-0.05, 0) is 28.5 Å². The molecule has 0 aliphatic carbocycles. The van der Waals surface area contributed by atoms with Crippen molar-refractivity contribution in [3.8, 4) is 0 Å². The largest absolute Gasteiger partial charge is 0.388 e. The highest BCUT2D eigenvalue weighted by Crippen LogP contribution is 2.25. The van der Waals surface area contributed by atoms with Gasteiger partial charge in [-0.3, -0.25) is 4.79 Å². The van der Waals surface area contributed by atoms with E-state index in [2.05, 4.69) is 32.9 Å². The van der Waals surface area contributed by atoms with Crippen LogP contribution in [0.3, 0.4) is 0 Å². The average Bonchev–Trinajstić information content (AvgIpc) is 2.59. The topological polar surface area (TPSA) is 54.4 Å². The van der Waals surface area contributed by atoms with Crippen molar-refractivity contribution in [1.29, 1.82) is 0 Å². The van der Waals surface area contributed by atoms with Crippen molar-refractivity contribution in [2.24, 2.45) is 0 Å². The van der Waals surface area contributed by atoms with Gasteiger partial charge in [-0.2, -0.15) is 0 Å². The van der Waals surface area contributed by atoms with Crippen LogP contribution in [0, 0.1) is 0 Å². The Hall–Kier alpha value is -2.26. The van der Waals surface area contributed by atoms with Gasteiger partial charge in [-0.25, -0.2) is 0 Å². The van der Waals surface area contributed by atoms with Crippen LogP contribution in [-0.2, 0) is 16.6 Å². The molecule has 24 heavy (non-hydrogen) atoms. The van der Waals surface area contributed by atoms with Gasteiger partial charge in [0.1, 0.15) is 12.9 Å². The molecule has 0 bridgehead atoms. The maximum Gasteiger partial charge on any atom is 0.188 e. The molecule has 0 aliphatic heterocycles. The number of aliphatic hydroxyl groups excluding tert-OH is 1. The molecule has 0 fully saturated rings. The van der Waals surface area contributed by atoms with Crippen LogP contribution in [0.4, 0.5) is 0 Å². The maximum absolute atomic E-state index is 11.5. The highest BCUT2D eigenvalue weighted by molar-refractivity contribution is 5.96. The third-order valence-electron chi connectivity index (χ3n) is 4.24. The summed E-state index contributed by atoms with van der Waals surface area (Å²) in [6.07, 6.45) is 1.56. The number of aliphatic hydroxyl groups is 1. The van der Waals surface area contributed by atoms with Gasteiger partial charge >= 0.3 is 0 Å². The van der Waals surface area contributed by atoms with Crippen LogP contribution in [0.15, 0.2) is 48.5 Å². The molecule has 0 radical (unpaired) electrons. The van der Waals surface area contributed by atoms with Gasteiger partial charge in [0.15, 0.2) is 5.78 Å². The number of Topliss-reactive ketones (excluding diaryl/α,β-unsaturated/α-hetero) is 1. The van der Waals surface area contributed by atoms with E-state index in [-0.39, 0.29) is 17.1 Å². The summed E-state index contributed by atoms with van der Waals surface area (Å²) in [6, 6.07) is 15.2. The van der Waals surface area contributed by atoms with Crippen LogP contribution in [0.2, 0.25) is 0 Å². The summed E-state index contributed by atoms with van der Waals surface area (Å²) >= 11 is 0. The lowest BCUT2D eigenvalue weighted by atomic mass is 9.85. The van der Waals surface area contributed by atoms with Crippen LogP contribution in [-0.4, -0.2) is 23.8 Å². The summed E-state index contributed by atoms with van der Waals surface area (Å²) in [7, 11) is 0. The van der Waals surface area contributed by atoms with E-state index in [0.29, 0.717) is 12.0 Å². The third-order valence-corrected chi connectivity index (χ3v) is 4.24. The summed E-state index contributed by atoms with van der Waals surface area (Å²) in [4.78, 5) is 23.0. The van der Waals surface area contributed by atoms with Crippen LogP contribution in [0.5, 0.6) is 0 Å². The smallest absolute Gasteiger partial charge is 0.188 e. The van der Waals surface area contributed by atoms with E-state index in [0.717, 1.165) is 17.4 Å². The molecule has 0 saturated carbocycles. The number of benzene rings is 2. The third kappa shape index (κ3) is 4.39. The first kappa shape index (κ1) is 18.1. The SMILES string of the molecule is CC(C)(C)c1ccc(C(C=O)Cc2ccc(C(=O)CO)cc2)cc1. The number of hydrogen-bond donors (Lipinski definition) is 1. The molecule has 2 aromatic carbocycles. The lowest BCUT2D eigenvalue weighted by molar-refractivity contribution is -0.109. The normalized spacial score (nSPS) is 12.7. The molecule has 1 N–H and O–H groups in total. The van der Waals surface area contributed by atoms with Crippen molar-refractivity contribution in [1.82, 2.24) is 0 Å². The summed E-state index contributed by atoms with van der Waals surface area (Å²) in [5.41, 5.74) is 3.79. The average molecular weight is 324 g/mol. The fourth-order valence-electron chi connectivity index (χ4n) is 2.65. The van der Waals surface area contributed by atoms with E-state index in [1.807, 2.05) is 24.3 Å². The van der Waals surface area contributed by atoms with Crippen molar-refractivity contribution in [3.05, 3.63) is 70.8 Å². The highest BCUT2D eigenvalue weighted by atomic mass is 16.3. The first-order chi connectivity index (χ1) is 11.3. The van der Waals surface area contributed by atoms with Crippen LogP contribution < -0.4 is 0 Å². The minimum Gasteiger partial charge on any atom is -0.388 e. The summed E-state index contributed by atoms with van der Waals surface area (Å²) < 4.78 is 0. The molecule has 2 aromatic rings. The van der Waals surface area contributed by atoms with Crippen LogP contribution >= 0.6 is 0 Å². The van der Waals surface area contributed by atoms with E-state index in [1.54, 1.807) is 12.1 Å².